The number of carbonyl (C=O) groups is 1. The molecule has 0 aliphatic carbocycles. The second-order valence-electron chi connectivity index (χ2n) is 7.37. The van der Waals surface area contributed by atoms with E-state index >= 15 is 0 Å². The smallest absolute Gasteiger partial charge is 0.175 e. The van der Waals surface area contributed by atoms with Crippen LogP contribution in [0.25, 0.3) is 10.9 Å². The van der Waals surface area contributed by atoms with Crippen molar-refractivity contribution in [1.29, 1.82) is 0 Å². The van der Waals surface area contributed by atoms with E-state index < -0.39 is 5.41 Å². The van der Waals surface area contributed by atoms with Crippen LogP contribution in [0.4, 0.5) is 11.5 Å². The molecule has 0 saturated heterocycles. The van der Waals surface area contributed by atoms with E-state index in [4.69, 9.17) is 11.2 Å². The lowest BCUT2D eigenvalue weighted by Crippen LogP contribution is -2.26. The van der Waals surface area contributed by atoms with E-state index in [2.05, 4.69) is 21.2 Å². The van der Waals surface area contributed by atoms with Crippen molar-refractivity contribution in [1.82, 2.24) is 9.97 Å². The number of phenols is 1. The molecule has 0 aliphatic rings. The Morgan fingerprint density at radius 1 is 1.25 bits per heavy atom. The van der Waals surface area contributed by atoms with Gasteiger partial charge >= 0.3 is 0 Å². The molecule has 0 atom stereocenters. The molecule has 2 aromatic carbocycles. The maximum absolute atomic E-state index is 12.1. The largest absolute Gasteiger partial charge is 0.504 e. The molecule has 6 nitrogen and oxygen atoms in total. The molecule has 1 heterocycles. The predicted molar refractivity (Wildman–Crippen MR) is 109 cm³/mol. The average Bonchev–Trinajstić information content (AvgIpc) is 2.66. The van der Waals surface area contributed by atoms with Crippen LogP contribution in [0.15, 0.2) is 42.7 Å². The molecular formula is C22H21N3O3. The van der Waals surface area contributed by atoms with Crippen molar-refractivity contribution in [2.75, 3.05) is 11.9 Å². The Balaban J connectivity index is 1.90. The van der Waals surface area contributed by atoms with Gasteiger partial charge in [0, 0.05) is 28.1 Å². The number of anilines is 2. The van der Waals surface area contributed by atoms with Crippen LogP contribution in [-0.4, -0.2) is 27.5 Å². The zero-order valence-corrected chi connectivity index (χ0v) is 16.0. The third-order valence-corrected chi connectivity index (χ3v) is 4.20. The van der Waals surface area contributed by atoms with Gasteiger partial charge in [-0.15, -0.1) is 6.42 Å². The number of Topliss-reactive ketones (excluding diaryl/α,β-unsaturated/α-hetero) is 1. The molecule has 0 fully saturated rings. The summed E-state index contributed by atoms with van der Waals surface area (Å²) in [6.07, 6.45) is 6.85. The number of benzene rings is 2. The van der Waals surface area contributed by atoms with Gasteiger partial charge in [0.1, 0.15) is 18.8 Å². The maximum Gasteiger partial charge on any atom is 0.175 e. The minimum absolute atomic E-state index is 0.0644. The Bertz CT molecular complexity index is 1080. The van der Waals surface area contributed by atoms with E-state index in [0.717, 1.165) is 11.3 Å². The highest BCUT2D eigenvalue weighted by atomic mass is 16.5. The summed E-state index contributed by atoms with van der Waals surface area (Å²) in [4.78, 5) is 20.6. The van der Waals surface area contributed by atoms with Crippen LogP contribution in [0.5, 0.6) is 11.5 Å². The molecule has 3 aromatic rings. The van der Waals surface area contributed by atoms with Crippen LogP contribution in [0.3, 0.4) is 0 Å². The van der Waals surface area contributed by atoms with E-state index in [1.165, 1.54) is 12.4 Å². The van der Waals surface area contributed by atoms with Gasteiger partial charge in [0.05, 0.1) is 5.52 Å². The van der Waals surface area contributed by atoms with E-state index in [1.54, 1.807) is 6.07 Å². The molecule has 0 saturated carbocycles. The van der Waals surface area contributed by atoms with Gasteiger partial charge in [-0.3, -0.25) is 4.79 Å². The number of aromatic hydroxyl groups is 1. The van der Waals surface area contributed by atoms with Gasteiger partial charge in [-0.05, 0) is 24.3 Å². The third kappa shape index (κ3) is 4.21. The topological polar surface area (TPSA) is 84.3 Å². The number of rotatable bonds is 5. The van der Waals surface area contributed by atoms with Crippen LogP contribution in [-0.2, 0) is 4.79 Å². The van der Waals surface area contributed by atoms with Gasteiger partial charge in [-0.2, -0.15) is 0 Å². The monoisotopic (exact) mass is 375 g/mol. The Morgan fingerprint density at radius 2 is 2.04 bits per heavy atom. The highest BCUT2D eigenvalue weighted by Crippen LogP contribution is 2.34. The lowest BCUT2D eigenvalue weighted by Gasteiger charge is -2.17. The minimum atomic E-state index is -0.515. The number of carbonyl (C=O) groups excluding carboxylic acids is 1. The average molecular weight is 375 g/mol. The minimum Gasteiger partial charge on any atom is -0.504 e. The second-order valence-corrected chi connectivity index (χ2v) is 7.37. The van der Waals surface area contributed by atoms with Crippen LogP contribution in [0, 0.1) is 17.8 Å². The molecule has 0 amide bonds. The molecular weight excluding hydrogens is 354 g/mol. The number of ether oxygens (including phenoxy) is 1. The normalized spacial score (nSPS) is 11.1. The first-order chi connectivity index (χ1) is 13.3. The Morgan fingerprint density at radius 3 is 2.75 bits per heavy atom. The number of aromatic nitrogens is 2. The van der Waals surface area contributed by atoms with Crippen LogP contribution in [0.1, 0.15) is 26.3 Å². The predicted octanol–water partition coefficient (Wildman–Crippen LogP) is 4.05. The zero-order valence-electron chi connectivity index (χ0n) is 16.0. The van der Waals surface area contributed by atoms with Gasteiger partial charge < -0.3 is 15.2 Å². The second kappa shape index (κ2) is 7.57. The van der Waals surface area contributed by atoms with Crippen LogP contribution in [0.2, 0.25) is 0 Å². The number of phenolic OH excluding ortho intramolecular Hbond substituents is 1. The Hall–Kier alpha value is -3.59. The van der Waals surface area contributed by atoms with Crippen LogP contribution >= 0.6 is 0 Å². The summed E-state index contributed by atoms with van der Waals surface area (Å²) in [6.45, 7) is 5.33. The number of fused-ring (bicyclic) bond motifs is 1. The number of hydrogen-bond acceptors (Lipinski definition) is 6. The number of hydrogen-bond donors (Lipinski definition) is 2. The first kappa shape index (κ1) is 19.2. The van der Waals surface area contributed by atoms with Crippen LogP contribution < -0.4 is 10.1 Å². The highest BCUT2D eigenvalue weighted by Gasteiger charge is 2.22. The fourth-order valence-electron chi connectivity index (χ4n) is 2.47. The lowest BCUT2D eigenvalue weighted by atomic mass is 9.91. The fourth-order valence-corrected chi connectivity index (χ4v) is 2.47. The molecule has 6 heteroatoms. The Kier molecular flexibility index (Phi) is 5.18. The number of nitrogens with one attached hydrogen (secondary N) is 1. The summed E-state index contributed by atoms with van der Waals surface area (Å²) in [5.41, 5.74) is 1.57. The molecule has 28 heavy (non-hydrogen) atoms. The summed E-state index contributed by atoms with van der Waals surface area (Å²) in [5, 5.41) is 14.1. The molecule has 0 aliphatic heterocycles. The van der Waals surface area contributed by atoms with E-state index in [9.17, 15) is 9.90 Å². The summed E-state index contributed by atoms with van der Waals surface area (Å²) < 4.78 is 5.52. The molecule has 0 radical (unpaired) electrons. The number of ketones is 1. The van der Waals surface area contributed by atoms with Crippen molar-refractivity contribution in [2.24, 2.45) is 5.41 Å². The van der Waals surface area contributed by atoms with Gasteiger partial charge in [0.25, 0.3) is 0 Å². The Labute approximate surface area is 163 Å². The van der Waals surface area contributed by atoms with Crippen molar-refractivity contribution < 1.29 is 14.6 Å². The fraction of sp³-hybridized carbons (Fsp3) is 0.227. The van der Waals surface area contributed by atoms with Gasteiger partial charge in [-0.1, -0.05) is 32.8 Å². The first-order valence-electron chi connectivity index (χ1n) is 8.75. The summed E-state index contributed by atoms with van der Waals surface area (Å²) >= 11 is 0. The maximum atomic E-state index is 12.1. The summed E-state index contributed by atoms with van der Waals surface area (Å²) in [5.74, 6) is 3.14. The molecule has 3 rings (SSSR count). The lowest BCUT2D eigenvalue weighted by molar-refractivity contribution is -0.128. The summed E-state index contributed by atoms with van der Waals surface area (Å²) in [6, 6.07) is 10.5. The molecule has 0 bridgehead atoms. The third-order valence-electron chi connectivity index (χ3n) is 4.20. The summed E-state index contributed by atoms with van der Waals surface area (Å²) in [7, 11) is 0. The van der Waals surface area contributed by atoms with Crippen molar-refractivity contribution in [3.63, 3.8) is 0 Å². The van der Waals surface area contributed by atoms with Gasteiger partial charge in [-0.25, -0.2) is 9.97 Å². The molecule has 1 aromatic heterocycles. The van der Waals surface area contributed by atoms with E-state index in [1.807, 2.05) is 45.0 Å². The molecule has 0 unspecified atom stereocenters. The quantitative estimate of drug-likeness (QED) is 0.655. The van der Waals surface area contributed by atoms with Crippen molar-refractivity contribution >= 4 is 28.2 Å². The standard InChI is InChI=1S/C22H21N3O3/c1-5-14-7-6-8-15(9-14)25-21-16-10-18(26)19(11-17(16)23-13-24-21)28-12-20(27)22(2,3)4/h1,6-11,13,26H,12H2,2-4H3,(H,23,24,25). The van der Waals surface area contributed by atoms with Gasteiger partial charge in [0.2, 0.25) is 0 Å². The van der Waals surface area contributed by atoms with Crippen molar-refractivity contribution in [3.05, 3.63) is 48.3 Å². The zero-order chi connectivity index (χ0) is 20.3. The van der Waals surface area contributed by atoms with E-state index in [0.29, 0.717) is 16.7 Å². The molecule has 0 spiro atoms. The number of terminal acetylenes is 1. The van der Waals surface area contributed by atoms with Gasteiger partial charge in [0.15, 0.2) is 17.3 Å². The first-order valence-corrected chi connectivity index (χ1v) is 8.75. The van der Waals surface area contributed by atoms with E-state index in [-0.39, 0.29) is 23.9 Å². The molecule has 2 N–H and O–H groups in total. The SMILES string of the molecule is C#Cc1cccc(Nc2ncnc3cc(OCC(=O)C(C)(C)C)c(O)cc23)c1. The number of nitrogens with zero attached hydrogens (tertiary/aromatic N) is 2. The van der Waals surface area contributed by atoms with Crippen molar-refractivity contribution in [3.8, 4) is 23.8 Å². The molecule has 142 valence electrons. The van der Waals surface area contributed by atoms with Crippen molar-refractivity contribution in [2.45, 2.75) is 20.8 Å². The highest BCUT2D eigenvalue weighted by molar-refractivity contribution is 5.93.